The first kappa shape index (κ1) is 12.8. The van der Waals surface area contributed by atoms with Crippen LogP contribution in [0.2, 0.25) is 10.0 Å². The zero-order valence-electron chi connectivity index (χ0n) is 8.06. The molecular weight excluding hydrogens is 260 g/mol. The molecule has 6 heteroatoms. The molecular formula is C9H10Cl3NO2. The summed E-state index contributed by atoms with van der Waals surface area (Å²) in [6.07, 6.45) is 0.344. The van der Waals surface area contributed by atoms with Gasteiger partial charge in [-0.15, -0.1) is 11.6 Å². The van der Waals surface area contributed by atoms with Crippen LogP contribution in [0.3, 0.4) is 0 Å². The molecule has 3 nitrogen and oxygen atoms in total. The number of nitrogens with zero attached hydrogens (tertiary/aromatic N) is 1. The van der Waals surface area contributed by atoms with Gasteiger partial charge in [0.2, 0.25) is 0 Å². The fraction of sp³-hybridized carbons (Fsp3) is 0.444. The molecule has 0 atom stereocenters. The quantitative estimate of drug-likeness (QED) is 0.855. The Morgan fingerprint density at radius 1 is 1.27 bits per heavy atom. The minimum atomic E-state index is -0.0424. The third-order valence-electron chi connectivity index (χ3n) is 1.85. The Balaban J connectivity index is 3.30. The summed E-state index contributed by atoms with van der Waals surface area (Å²) in [5.41, 5.74) is 1.04. The SMILES string of the molecule is COc1c(Cl)c(CCl)nc(CCO)c1Cl. The summed E-state index contributed by atoms with van der Waals surface area (Å²) >= 11 is 17.6. The summed E-state index contributed by atoms with van der Waals surface area (Å²) in [5.74, 6) is 0.526. The molecule has 0 unspecified atom stereocenters. The molecule has 0 aliphatic carbocycles. The average molecular weight is 271 g/mol. The molecule has 0 aromatic carbocycles. The number of rotatable bonds is 4. The third-order valence-corrected chi connectivity index (χ3v) is 2.89. The summed E-state index contributed by atoms with van der Waals surface area (Å²) in [7, 11) is 1.47. The first-order valence-corrected chi connectivity index (χ1v) is 5.52. The van der Waals surface area contributed by atoms with Gasteiger partial charge in [-0.1, -0.05) is 23.2 Å². The number of alkyl halides is 1. The molecule has 0 fully saturated rings. The van der Waals surface area contributed by atoms with Crippen LogP contribution in [0.4, 0.5) is 0 Å². The number of pyridine rings is 1. The molecule has 0 aliphatic rings. The van der Waals surface area contributed by atoms with Crippen molar-refractivity contribution in [1.82, 2.24) is 4.98 Å². The summed E-state index contributed by atoms with van der Waals surface area (Å²) in [4.78, 5) is 4.15. The van der Waals surface area contributed by atoms with Gasteiger partial charge in [0.25, 0.3) is 0 Å². The predicted molar refractivity (Wildman–Crippen MR) is 61.2 cm³/mol. The van der Waals surface area contributed by atoms with Gasteiger partial charge in [0.05, 0.1) is 24.4 Å². The van der Waals surface area contributed by atoms with Gasteiger partial charge in [-0.2, -0.15) is 0 Å². The van der Waals surface area contributed by atoms with E-state index in [4.69, 9.17) is 44.6 Å². The van der Waals surface area contributed by atoms with E-state index in [9.17, 15) is 0 Å². The van der Waals surface area contributed by atoms with Crippen molar-refractivity contribution in [3.05, 3.63) is 21.4 Å². The minimum absolute atomic E-state index is 0.0424. The molecule has 0 radical (unpaired) electrons. The Morgan fingerprint density at radius 2 is 1.87 bits per heavy atom. The number of halogens is 3. The van der Waals surface area contributed by atoms with Crippen molar-refractivity contribution < 1.29 is 9.84 Å². The van der Waals surface area contributed by atoms with E-state index in [0.29, 0.717) is 33.6 Å². The fourth-order valence-corrected chi connectivity index (χ4v) is 2.06. The number of aliphatic hydroxyl groups excluding tert-OH is 1. The highest BCUT2D eigenvalue weighted by atomic mass is 35.5. The van der Waals surface area contributed by atoms with Gasteiger partial charge in [0, 0.05) is 13.0 Å². The van der Waals surface area contributed by atoms with Gasteiger partial charge in [-0.25, -0.2) is 0 Å². The topological polar surface area (TPSA) is 42.4 Å². The number of methoxy groups -OCH3 is 1. The lowest BCUT2D eigenvalue weighted by atomic mass is 10.2. The molecule has 0 amide bonds. The number of aromatic nitrogens is 1. The maximum atomic E-state index is 8.84. The number of aliphatic hydroxyl groups is 1. The largest absolute Gasteiger partial charge is 0.493 e. The average Bonchev–Trinajstić information content (AvgIpc) is 2.23. The normalized spacial score (nSPS) is 10.5. The lowest BCUT2D eigenvalue weighted by Gasteiger charge is -2.12. The monoisotopic (exact) mass is 269 g/mol. The van der Waals surface area contributed by atoms with Crippen LogP contribution in [-0.4, -0.2) is 23.8 Å². The Bertz CT molecular complexity index is 358. The van der Waals surface area contributed by atoms with E-state index in [1.807, 2.05) is 0 Å². The second-order valence-electron chi connectivity index (χ2n) is 2.77. The first-order valence-electron chi connectivity index (χ1n) is 4.23. The summed E-state index contributed by atoms with van der Waals surface area (Å²) in [5, 5.41) is 9.48. The van der Waals surface area contributed by atoms with E-state index in [1.165, 1.54) is 7.11 Å². The van der Waals surface area contributed by atoms with E-state index in [2.05, 4.69) is 4.98 Å². The summed E-state index contributed by atoms with van der Waals surface area (Å²) < 4.78 is 5.06. The number of ether oxygens (including phenoxy) is 1. The van der Waals surface area contributed by atoms with Crippen molar-refractivity contribution in [3.63, 3.8) is 0 Å². The van der Waals surface area contributed by atoms with Gasteiger partial charge in [-0.05, 0) is 0 Å². The number of hydrogen-bond acceptors (Lipinski definition) is 3. The van der Waals surface area contributed by atoms with Crippen molar-refractivity contribution in [2.45, 2.75) is 12.3 Å². The molecule has 1 aromatic rings. The molecule has 0 saturated carbocycles. The van der Waals surface area contributed by atoms with E-state index in [1.54, 1.807) is 0 Å². The zero-order chi connectivity index (χ0) is 11.4. The molecule has 1 heterocycles. The van der Waals surface area contributed by atoms with Crippen LogP contribution in [0, 0.1) is 0 Å². The standard InChI is InChI=1S/C9H10Cl3NO2/c1-15-9-7(11)5(2-3-14)13-6(4-10)8(9)12/h14H,2-4H2,1H3. The second kappa shape index (κ2) is 5.75. The fourth-order valence-electron chi connectivity index (χ4n) is 1.16. The van der Waals surface area contributed by atoms with E-state index in [-0.39, 0.29) is 12.5 Å². The van der Waals surface area contributed by atoms with Crippen LogP contribution in [0.15, 0.2) is 0 Å². The lowest BCUT2D eigenvalue weighted by Crippen LogP contribution is -2.02. The maximum Gasteiger partial charge on any atom is 0.159 e. The van der Waals surface area contributed by atoms with Gasteiger partial charge in [-0.3, -0.25) is 4.98 Å². The van der Waals surface area contributed by atoms with Gasteiger partial charge in [0.1, 0.15) is 10.0 Å². The van der Waals surface area contributed by atoms with Crippen molar-refractivity contribution in [1.29, 1.82) is 0 Å². The second-order valence-corrected chi connectivity index (χ2v) is 3.80. The molecule has 0 aliphatic heterocycles. The summed E-state index contributed by atoms with van der Waals surface area (Å²) in [6, 6.07) is 0. The Labute approximate surface area is 103 Å². The molecule has 0 saturated heterocycles. The zero-order valence-corrected chi connectivity index (χ0v) is 10.3. The van der Waals surface area contributed by atoms with Crippen LogP contribution >= 0.6 is 34.8 Å². The van der Waals surface area contributed by atoms with Crippen molar-refractivity contribution in [3.8, 4) is 5.75 Å². The smallest absolute Gasteiger partial charge is 0.159 e. The van der Waals surface area contributed by atoms with Crippen LogP contribution in [-0.2, 0) is 12.3 Å². The molecule has 0 bridgehead atoms. The minimum Gasteiger partial charge on any atom is -0.493 e. The highest BCUT2D eigenvalue weighted by Crippen LogP contribution is 2.37. The van der Waals surface area contributed by atoms with Crippen molar-refractivity contribution >= 4 is 34.8 Å². The maximum absolute atomic E-state index is 8.84. The molecule has 1 N–H and O–H groups in total. The molecule has 1 rings (SSSR count). The van der Waals surface area contributed by atoms with Crippen LogP contribution in [0.5, 0.6) is 5.75 Å². The Hall–Kier alpha value is -0.220. The van der Waals surface area contributed by atoms with Gasteiger partial charge >= 0.3 is 0 Å². The third kappa shape index (κ3) is 2.67. The predicted octanol–water partition coefficient (Wildman–Crippen LogP) is 2.67. The Morgan fingerprint density at radius 3 is 2.33 bits per heavy atom. The van der Waals surface area contributed by atoms with E-state index >= 15 is 0 Å². The Kier molecular flexibility index (Phi) is 4.93. The molecule has 1 aromatic heterocycles. The van der Waals surface area contributed by atoms with Crippen LogP contribution in [0.1, 0.15) is 11.4 Å². The van der Waals surface area contributed by atoms with Crippen LogP contribution in [0.25, 0.3) is 0 Å². The summed E-state index contributed by atoms with van der Waals surface area (Å²) in [6.45, 7) is -0.0424. The molecule has 84 valence electrons. The highest BCUT2D eigenvalue weighted by Gasteiger charge is 2.17. The van der Waals surface area contributed by atoms with Crippen LogP contribution < -0.4 is 4.74 Å². The molecule has 15 heavy (non-hydrogen) atoms. The highest BCUT2D eigenvalue weighted by molar-refractivity contribution is 6.38. The number of hydrogen-bond donors (Lipinski definition) is 1. The lowest BCUT2D eigenvalue weighted by molar-refractivity contribution is 0.298. The molecule has 0 spiro atoms. The first-order chi connectivity index (χ1) is 7.15. The van der Waals surface area contributed by atoms with E-state index < -0.39 is 0 Å². The van der Waals surface area contributed by atoms with Crippen molar-refractivity contribution in [2.24, 2.45) is 0 Å². The van der Waals surface area contributed by atoms with Crippen molar-refractivity contribution in [2.75, 3.05) is 13.7 Å². The van der Waals surface area contributed by atoms with E-state index in [0.717, 1.165) is 0 Å². The van der Waals surface area contributed by atoms with Gasteiger partial charge < -0.3 is 9.84 Å². The van der Waals surface area contributed by atoms with Gasteiger partial charge in [0.15, 0.2) is 5.75 Å².